The van der Waals surface area contributed by atoms with Gasteiger partial charge in [0.2, 0.25) is 5.69 Å². The molecule has 0 aliphatic rings. The van der Waals surface area contributed by atoms with Crippen molar-refractivity contribution in [1.82, 2.24) is 29.5 Å². The first-order chi connectivity index (χ1) is 15.4. The summed E-state index contributed by atoms with van der Waals surface area (Å²) in [5, 5.41) is 26.7. The van der Waals surface area contributed by atoms with Crippen molar-refractivity contribution in [1.29, 1.82) is 0 Å². The highest BCUT2D eigenvalue weighted by atomic mass is 16.5. The average molecular weight is 437 g/mol. The fourth-order valence-corrected chi connectivity index (χ4v) is 2.49. The molecule has 12 heteroatoms. The van der Waals surface area contributed by atoms with Crippen molar-refractivity contribution in [2.75, 3.05) is 6.61 Å². The quantitative estimate of drug-likeness (QED) is 0.388. The third kappa shape index (κ3) is 5.05. The SMILES string of the molecule is CCOC(=O)c1nn(-c2cccnc2)cc1O.NC(=O)c1nn(-c2cccnc2)cc1O. The monoisotopic (exact) mass is 437 g/mol. The molecule has 0 aliphatic carbocycles. The summed E-state index contributed by atoms with van der Waals surface area (Å²) in [5.41, 5.74) is 6.05. The lowest BCUT2D eigenvalue weighted by Crippen LogP contribution is -2.12. The Balaban J connectivity index is 0.000000182. The van der Waals surface area contributed by atoms with E-state index in [0.29, 0.717) is 11.4 Å². The number of carbonyl (C=O) groups excluding carboxylic acids is 2. The minimum Gasteiger partial charge on any atom is -0.504 e. The summed E-state index contributed by atoms with van der Waals surface area (Å²) < 4.78 is 7.47. The number of nitrogens with zero attached hydrogens (tertiary/aromatic N) is 6. The first-order valence-electron chi connectivity index (χ1n) is 9.25. The molecule has 0 spiro atoms. The molecule has 0 aliphatic heterocycles. The van der Waals surface area contributed by atoms with Crippen LogP contribution in [0.1, 0.15) is 27.9 Å². The van der Waals surface area contributed by atoms with E-state index in [1.807, 2.05) is 0 Å². The molecule has 0 bridgehead atoms. The number of aromatic nitrogens is 6. The van der Waals surface area contributed by atoms with Gasteiger partial charge in [0.05, 0.1) is 42.8 Å². The lowest BCUT2D eigenvalue weighted by molar-refractivity contribution is 0.0515. The average Bonchev–Trinajstić information content (AvgIpc) is 3.39. The van der Waals surface area contributed by atoms with Gasteiger partial charge >= 0.3 is 5.97 Å². The Morgan fingerprint density at radius 2 is 1.44 bits per heavy atom. The van der Waals surface area contributed by atoms with Crippen LogP contribution in [0.15, 0.2) is 61.4 Å². The molecule has 4 rings (SSSR count). The number of nitrogens with two attached hydrogens (primary N) is 1. The van der Waals surface area contributed by atoms with Crippen LogP contribution in [-0.2, 0) is 4.74 Å². The number of hydrogen-bond donors (Lipinski definition) is 3. The zero-order chi connectivity index (χ0) is 23.1. The standard InChI is InChI=1S/C11H11N3O3.C9H8N4O2/c1-2-17-11(16)10-9(15)7-14(13-10)8-4-3-5-12-6-8;10-9(15)8-7(14)5-13(12-8)6-2-1-3-11-4-6/h3-7,15H,2H2,1H3;1-5,14H,(H2,10,15). The molecule has 4 aromatic rings. The Labute approximate surface area is 181 Å². The first kappa shape index (κ1) is 22.0. The van der Waals surface area contributed by atoms with Gasteiger partial charge in [-0.05, 0) is 31.2 Å². The summed E-state index contributed by atoms with van der Waals surface area (Å²) in [5.74, 6) is -1.87. The second kappa shape index (κ2) is 9.84. The zero-order valence-corrected chi connectivity index (χ0v) is 16.9. The highest BCUT2D eigenvalue weighted by Crippen LogP contribution is 2.18. The van der Waals surface area contributed by atoms with E-state index in [9.17, 15) is 19.8 Å². The van der Waals surface area contributed by atoms with Gasteiger partial charge in [0, 0.05) is 12.4 Å². The summed E-state index contributed by atoms with van der Waals surface area (Å²) >= 11 is 0. The number of esters is 1. The van der Waals surface area contributed by atoms with Gasteiger partial charge in [-0.25, -0.2) is 14.2 Å². The minimum absolute atomic E-state index is 0.101. The van der Waals surface area contributed by atoms with Crippen molar-refractivity contribution in [3.8, 4) is 22.9 Å². The van der Waals surface area contributed by atoms with E-state index in [4.69, 9.17) is 10.5 Å². The Hall–Kier alpha value is -4.74. The summed E-state index contributed by atoms with van der Waals surface area (Å²) in [6.07, 6.45) is 9.00. The van der Waals surface area contributed by atoms with Crippen LogP contribution in [0.25, 0.3) is 11.4 Å². The van der Waals surface area contributed by atoms with Crippen LogP contribution in [0, 0.1) is 0 Å². The van der Waals surface area contributed by atoms with Gasteiger partial charge in [0.1, 0.15) is 0 Å². The molecule has 32 heavy (non-hydrogen) atoms. The van der Waals surface area contributed by atoms with Crippen LogP contribution < -0.4 is 5.73 Å². The second-order valence-electron chi connectivity index (χ2n) is 6.12. The van der Waals surface area contributed by atoms with Crippen molar-refractivity contribution in [3.05, 3.63) is 72.8 Å². The van der Waals surface area contributed by atoms with Crippen LogP contribution in [-0.4, -0.2) is 58.2 Å². The van der Waals surface area contributed by atoms with Crippen LogP contribution in [0.4, 0.5) is 0 Å². The molecule has 164 valence electrons. The predicted octanol–water partition coefficient (Wildman–Crippen LogP) is 1.22. The number of primary amides is 1. The fourth-order valence-electron chi connectivity index (χ4n) is 2.49. The molecule has 0 radical (unpaired) electrons. The third-order valence-electron chi connectivity index (χ3n) is 3.91. The van der Waals surface area contributed by atoms with Crippen LogP contribution >= 0.6 is 0 Å². The molecular weight excluding hydrogens is 418 g/mol. The predicted molar refractivity (Wildman–Crippen MR) is 111 cm³/mol. The molecule has 4 aromatic heterocycles. The summed E-state index contributed by atoms with van der Waals surface area (Å²) in [7, 11) is 0. The third-order valence-corrected chi connectivity index (χ3v) is 3.91. The van der Waals surface area contributed by atoms with Crippen molar-refractivity contribution in [3.63, 3.8) is 0 Å². The van der Waals surface area contributed by atoms with Crippen molar-refractivity contribution in [2.24, 2.45) is 5.73 Å². The fraction of sp³-hybridized carbons (Fsp3) is 0.100. The highest BCUT2D eigenvalue weighted by Gasteiger charge is 2.18. The van der Waals surface area contributed by atoms with Gasteiger partial charge < -0.3 is 20.7 Å². The summed E-state index contributed by atoms with van der Waals surface area (Å²) in [4.78, 5) is 30.1. The molecule has 0 saturated heterocycles. The minimum atomic E-state index is -0.768. The number of pyridine rings is 2. The van der Waals surface area contributed by atoms with Gasteiger partial charge in [-0.3, -0.25) is 14.8 Å². The maximum absolute atomic E-state index is 11.4. The molecule has 12 nitrogen and oxygen atoms in total. The number of carbonyl (C=O) groups is 2. The van der Waals surface area contributed by atoms with Gasteiger partial charge in [-0.1, -0.05) is 0 Å². The van der Waals surface area contributed by atoms with Gasteiger partial charge in [0.25, 0.3) is 5.91 Å². The largest absolute Gasteiger partial charge is 0.504 e. The molecular formula is C20H19N7O5. The highest BCUT2D eigenvalue weighted by molar-refractivity contribution is 5.93. The lowest BCUT2D eigenvalue weighted by atomic mass is 10.4. The van der Waals surface area contributed by atoms with E-state index in [1.165, 1.54) is 21.8 Å². The molecule has 0 aromatic carbocycles. The first-order valence-corrected chi connectivity index (χ1v) is 9.25. The van der Waals surface area contributed by atoms with E-state index in [2.05, 4.69) is 20.2 Å². The second-order valence-corrected chi connectivity index (χ2v) is 6.12. The Bertz CT molecular complexity index is 1210. The lowest BCUT2D eigenvalue weighted by Gasteiger charge is -1.99. The van der Waals surface area contributed by atoms with Crippen molar-refractivity contribution >= 4 is 11.9 Å². The molecule has 4 heterocycles. The molecule has 0 fully saturated rings. The Morgan fingerprint density at radius 1 is 0.938 bits per heavy atom. The Morgan fingerprint density at radius 3 is 1.84 bits per heavy atom. The van der Waals surface area contributed by atoms with Crippen LogP contribution in [0.3, 0.4) is 0 Å². The number of hydrogen-bond acceptors (Lipinski definition) is 9. The van der Waals surface area contributed by atoms with Gasteiger partial charge in [-0.2, -0.15) is 10.2 Å². The van der Waals surface area contributed by atoms with Crippen LogP contribution in [0.5, 0.6) is 11.5 Å². The van der Waals surface area contributed by atoms with Crippen molar-refractivity contribution in [2.45, 2.75) is 6.92 Å². The molecule has 4 N–H and O–H groups in total. The molecule has 1 amide bonds. The van der Waals surface area contributed by atoms with Gasteiger partial charge in [0.15, 0.2) is 17.2 Å². The summed E-state index contributed by atoms with van der Waals surface area (Å²) in [6, 6.07) is 6.95. The number of amides is 1. The van der Waals surface area contributed by atoms with E-state index < -0.39 is 11.9 Å². The number of ether oxygens (including phenoxy) is 1. The normalized spacial score (nSPS) is 10.2. The van der Waals surface area contributed by atoms with E-state index in [1.54, 1.807) is 56.0 Å². The number of rotatable bonds is 5. The Kier molecular flexibility index (Phi) is 6.75. The van der Waals surface area contributed by atoms with Gasteiger partial charge in [-0.15, -0.1) is 0 Å². The van der Waals surface area contributed by atoms with E-state index in [0.717, 1.165) is 0 Å². The van der Waals surface area contributed by atoms with Crippen molar-refractivity contribution < 1.29 is 24.5 Å². The van der Waals surface area contributed by atoms with E-state index in [-0.39, 0.29) is 29.5 Å². The molecule has 0 unspecified atom stereocenters. The van der Waals surface area contributed by atoms with E-state index >= 15 is 0 Å². The summed E-state index contributed by atoms with van der Waals surface area (Å²) in [6.45, 7) is 1.92. The molecule has 0 atom stereocenters. The maximum atomic E-state index is 11.4. The molecule has 0 saturated carbocycles. The maximum Gasteiger partial charge on any atom is 0.362 e. The smallest absolute Gasteiger partial charge is 0.362 e. The van der Waals surface area contributed by atoms with Crippen LogP contribution in [0.2, 0.25) is 0 Å². The zero-order valence-electron chi connectivity index (χ0n) is 16.9. The topological polar surface area (TPSA) is 171 Å². The number of aromatic hydroxyl groups is 2.